The summed E-state index contributed by atoms with van der Waals surface area (Å²) in [6, 6.07) is 5.91. The average molecular weight is 345 g/mol. The SMILES string of the molecule is O=C(C1CCOCC1)N1CC=C(c2c[nH]c3ccc(Cl)cc23)CC1. The van der Waals surface area contributed by atoms with Gasteiger partial charge in [0, 0.05) is 59.9 Å². The first kappa shape index (κ1) is 15.7. The lowest BCUT2D eigenvalue weighted by Gasteiger charge is -2.31. The lowest BCUT2D eigenvalue weighted by molar-refractivity contribution is -0.138. The first-order chi connectivity index (χ1) is 11.7. The number of aromatic nitrogens is 1. The van der Waals surface area contributed by atoms with Gasteiger partial charge in [0.25, 0.3) is 0 Å². The summed E-state index contributed by atoms with van der Waals surface area (Å²) in [5.41, 5.74) is 3.58. The predicted molar refractivity (Wildman–Crippen MR) is 96.0 cm³/mol. The molecule has 0 spiro atoms. The van der Waals surface area contributed by atoms with Crippen molar-refractivity contribution in [3.63, 3.8) is 0 Å². The maximum absolute atomic E-state index is 12.6. The van der Waals surface area contributed by atoms with Crippen molar-refractivity contribution in [2.24, 2.45) is 5.92 Å². The number of aromatic amines is 1. The van der Waals surface area contributed by atoms with E-state index >= 15 is 0 Å². The molecule has 0 bridgehead atoms. The van der Waals surface area contributed by atoms with Gasteiger partial charge in [-0.05, 0) is 43.0 Å². The molecule has 24 heavy (non-hydrogen) atoms. The summed E-state index contributed by atoms with van der Waals surface area (Å²) < 4.78 is 5.36. The molecule has 0 radical (unpaired) electrons. The van der Waals surface area contributed by atoms with Crippen LogP contribution in [-0.4, -0.2) is 42.1 Å². The second kappa shape index (κ2) is 6.61. The van der Waals surface area contributed by atoms with Crippen LogP contribution in [0.4, 0.5) is 0 Å². The van der Waals surface area contributed by atoms with Crippen LogP contribution in [0, 0.1) is 5.92 Å². The van der Waals surface area contributed by atoms with Crippen molar-refractivity contribution in [1.29, 1.82) is 0 Å². The van der Waals surface area contributed by atoms with Crippen LogP contribution in [0.1, 0.15) is 24.8 Å². The highest BCUT2D eigenvalue weighted by molar-refractivity contribution is 6.31. The summed E-state index contributed by atoms with van der Waals surface area (Å²) >= 11 is 6.14. The lowest BCUT2D eigenvalue weighted by Crippen LogP contribution is -2.40. The second-order valence-corrected chi connectivity index (χ2v) is 6.98. The molecule has 1 amide bonds. The first-order valence-corrected chi connectivity index (χ1v) is 8.93. The molecular weight excluding hydrogens is 324 g/mol. The molecule has 4 rings (SSSR count). The zero-order valence-corrected chi connectivity index (χ0v) is 14.3. The molecule has 2 aliphatic heterocycles. The van der Waals surface area contributed by atoms with Crippen LogP contribution in [0.15, 0.2) is 30.5 Å². The fourth-order valence-corrected chi connectivity index (χ4v) is 3.85. The maximum atomic E-state index is 12.6. The molecule has 0 aliphatic carbocycles. The third kappa shape index (κ3) is 2.96. The molecule has 4 nitrogen and oxygen atoms in total. The molecule has 0 atom stereocenters. The predicted octanol–water partition coefficient (Wildman–Crippen LogP) is 3.86. The number of benzene rings is 1. The number of H-pyrrole nitrogens is 1. The maximum Gasteiger partial charge on any atom is 0.226 e. The second-order valence-electron chi connectivity index (χ2n) is 6.54. The van der Waals surface area contributed by atoms with Gasteiger partial charge in [-0.1, -0.05) is 17.7 Å². The largest absolute Gasteiger partial charge is 0.381 e. The van der Waals surface area contributed by atoms with Gasteiger partial charge in [-0.2, -0.15) is 0 Å². The number of hydrogen-bond donors (Lipinski definition) is 1. The van der Waals surface area contributed by atoms with Gasteiger partial charge in [0.15, 0.2) is 0 Å². The first-order valence-electron chi connectivity index (χ1n) is 8.55. The molecule has 2 aliphatic rings. The Morgan fingerprint density at radius 2 is 2.12 bits per heavy atom. The number of rotatable bonds is 2. The van der Waals surface area contributed by atoms with Gasteiger partial charge in [0.05, 0.1) is 0 Å². The highest BCUT2D eigenvalue weighted by Gasteiger charge is 2.27. The summed E-state index contributed by atoms with van der Waals surface area (Å²) in [6.45, 7) is 2.90. The van der Waals surface area contributed by atoms with E-state index in [-0.39, 0.29) is 11.8 Å². The van der Waals surface area contributed by atoms with Gasteiger partial charge < -0.3 is 14.6 Å². The van der Waals surface area contributed by atoms with E-state index in [0.717, 1.165) is 41.7 Å². The number of nitrogens with one attached hydrogen (secondary N) is 1. The van der Waals surface area contributed by atoms with Crippen LogP contribution in [0.3, 0.4) is 0 Å². The Morgan fingerprint density at radius 1 is 1.29 bits per heavy atom. The molecule has 1 N–H and O–H groups in total. The summed E-state index contributed by atoms with van der Waals surface area (Å²) in [5.74, 6) is 0.427. The normalized spacial score (nSPS) is 19.5. The molecular formula is C19H21ClN2O2. The lowest BCUT2D eigenvalue weighted by atomic mass is 9.95. The van der Waals surface area contributed by atoms with E-state index in [1.165, 1.54) is 11.1 Å². The Balaban J connectivity index is 1.51. The number of carbonyl (C=O) groups excluding carboxylic acids is 1. The molecule has 1 aromatic carbocycles. The van der Waals surface area contributed by atoms with Gasteiger partial charge >= 0.3 is 0 Å². The highest BCUT2D eigenvalue weighted by atomic mass is 35.5. The highest BCUT2D eigenvalue weighted by Crippen LogP contribution is 2.31. The van der Waals surface area contributed by atoms with Crippen molar-refractivity contribution in [1.82, 2.24) is 9.88 Å². The van der Waals surface area contributed by atoms with Gasteiger partial charge in [0.1, 0.15) is 0 Å². The quantitative estimate of drug-likeness (QED) is 0.899. The van der Waals surface area contributed by atoms with Crippen LogP contribution >= 0.6 is 11.6 Å². The average Bonchev–Trinajstić information content (AvgIpc) is 3.05. The van der Waals surface area contributed by atoms with Crippen LogP contribution in [-0.2, 0) is 9.53 Å². The minimum Gasteiger partial charge on any atom is -0.381 e. The fraction of sp³-hybridized carbons (Fsp3) is 0.421. The molecule has 1 saturated heterocycles. The number of hydrogen-bond acceptors (Lipinski definition) is 2. The molecule has 1 aromatic heterocycles. The standard InChI is InChI=1S/C19H21ClN2O2/c20-15-1-2-18-16(11-15)17(12-21-18)13-3-7-22(8-4-13)19(23)14-5-9-24-10-6-14/h1-3,11-12,14,21H,4-10H2. The third-order valence-electron chi connectivity index (χ3n) is 5.08. The van der Waals surface area contributed by atoms with Crippen molar-refractivity contribution in [3.05, 3.63) is 41.1 Å². The van der Waals surface area contributed by atoms with Crippen molar-refractivity contribution in [2.45, 2.75) is 19.3 Å². The van der Waals surface area contributed by atoms with Crippen molar-refractivity contribution in [2.75, 3.05) is 26.3 Å². The number of ether oxygens (including phenoxy) is 1. The summed E-state index contributed by atoms with van der Waals surface area (Å²) in [7, 11) is 0. The van der Waals surface area contributed by atoms with Gasteiger partial charge in [0.2, 0.25) is 5.91 Å². The van der Waals surface area contributed by atoms with E-state index in [2.05, 4.69) is 11.1 Å². The number of halogens is 1. The molecule has 0 saturated carbocycles. The Kier molecular flexibility index (Phi) is 4.33. The van der Waals surface area contributed by atoms with Gasteiger partial charge in [-0.15, -0.1) is 0 Å². The van der Waals surface area contributed by atoms with Crippen molar-refractivity contribution < 1.29 is 9.53 Å². The smallest absolute Gasteiger partial charge is 0.226 e. The Hall–Kier alpha value is -1.78. The van der Waals surface area contributed by atoms with E-state index in [0.29, 0.717) is 19.8 Å². The fourth-order valence-electron chi connectivity index (χ4n) is 3.68. The van der Waals surface area contributed by atoms with Gasteiger partial charge in [-0.25, -0.2) is 0 Å². The minimum atomic E-state index is 0.139. The zero-order valence-electron chi connectivity index (χ0n) is 13.6. The van der Waals surface area contributed by atoms with E-state index in [4.69, 9.17) is 16.3 Å². The summed E-state index contributed by atoms with van der Waals surface area (Å²) in [5, 5.41) is 1.90. The molecule has 2 aromatic rings. The monoisotopic (exact) mass is 344 g/mol. The van der Waals surface area contributed by atoms with Crippen molar-refractivity contribution in [3.8, 4) is 0 Å². The summed E-state index contributed by atoms with van der Waals surface area (Å²) in [4.78, 5) is 17.9. The molecule has 126 valence electrons. The Bertz CT molecular complexity index is 790. The van der Waals surface area contributed by atoms with Crippen LogP contribution in [0.2, 0.25) is 5.02 Å². The minimum absolute atomic E-state index is 0.139. The Labute approximate surface area is 146 Å². The number of nitrogens with zero attached hydrogens (tertiary/aromatic N) is 1. The molecule has 0 unspecified atom stereocenters. The van der Waals surface area contributed by atoms with E-state index < -0.39 is 0 Å². The van der Waals surface area contributed by atoms with E-state index in [1.807, 2.05) is 29.3 Å². The van der Waals surface area contributed by atoms with Crippen LogP contribution in [0.5, 0.6) is 0 Å². The molecule has 3 heterocycles. The van der Waals surface area contributed by atoms with Crippen LogP contribution < -0.4 is 0 Å². The number of amides is 1. The van der Waals surface area contributed by atoms with Gasteiger partial charge in [-0.3, -0.25) is 4.79 Å². The Morgan fingerprint density at radius 3 is 2.88 bits per heavy atom. The van der Waals surface area contributed by atoms with E-state index in [1.54, 1.807) is 0 Å². The van der Waals surface area contributed by atoms with E-state index in [9.17, 15) is 4.79 Å². The third-order valence-corrected chi connectivity index (χ3v) is 5.32. The molecule has 1 fully saturated rings. The van der Waals surface area contributed by atoms with Crippen LogP contribution in [0.25, 0.3) is 16.5 Å². The topological polar surface area (TPSA) is 45.3 Å². The number of fused-ring (bicyclic) bond motifs is 1. The van der Waals surface area contributed by atoms with Crippen molar-refractivity contribution >= 4 is 34.0 Å². The number of carbonyl (C=O) groups is 1. The molecule has 5 heteroatoms. The zero-order chi connectivity index (χ0) is 16.5. The summed E-state index contributed by atoms with van der Waals surface area (Å²) in [6.07, 6.45) is 6.82.